The zero-order chi connectivity index (χ0) is 53.0. The van der Waals surface area contributed by atoms with E-state index in [1.54, 1.807) is 26.4 Å². The number of rotatable bonds is 40. The number of hydrogen-bond donors (Lipinski definition) is 2. The number of aliphatic carboxylic acids is 1. The molecule has 1 unspecified atom stereocenters. The van der Waals surface area contributed by atoms with Crippen LogP contribution in [0, 0.1) is 5.41 Å². The summed E-state index contributed by atoms with van der Waals surface area (Å²) >= 11 is 0. The van der Waals surface area contributed by atoms with Gasteiger partial charge in [0, 0.05) is 74.4 Å². The van der Waals surface area contributed by atoms with Gasteiger partial charge in [-0.3, -0.25) is 9.35 Å². The molecule has 2 aliphatic heterocycles. The van der Waals surface area contributed by atoms with Crippen LogP contribution in [0.1, 0.15) is 71.4 Å². The van der Waals surface area contributed by atoms with Crippen LogP contribution in [0.3, 0.4) is 0 Å². The van der Waals surface area contributed by atoms with Crippen molar-refractivity contribution in [1.82, 2.24) is 0 Å². The predicted octanol–water partition coefficient (Wildman–Crippen LogP) is 7.24. The summed E-state index contributed by atoms with van der Waals surface area (Å²) in [6.45, 7) is 21.1. The fourth-order valence-corrected chi connectivity index (χ4v) is 8.78. The van der Waals surface area contributed by atoms with Crippen molar-refractivity contribution in [2.24, 2.45) is 5.41 Å². The van der Waals surface area contributed by atoms with Crippen LogP contribution >= 0.6 is 0 Å². The zero-order valence-corrected chi connectivity index (χ0v) is 45.3. The van der Waals surface area contributed by atoms with Crippen LogP contribution in [-0.4, -0.2) is 183 Å². The molecule has 0 fully saturated rings. The predicted molar refractivity (Wildman–Crippen MR) is 281 cm³/mol. The SMILES string of the molecule is COCCOCCOCCOCCOCCN(CCOCCOCCOCCOCCOC)c1ccc2c(c1)OC(/C=C/C=C1/N(CCCCCC(=O)O)c3ccc(S(=O)(=O)O)cc3C1(C)C)C=C2C(C)(C)C. The van der Waals surface area contributed by atoms with Crippen LogP contribution in [0.4, 0.5) is 11.4 Å². The number of anilines is 2. The van der Waals surface area contributed by atoms with Gasteiger partial charge in [-0.2, -0.15) is 8.42 Å². The molecular weight excluding hydrogens is 965 g/mol. The van der Waals surface area contributed by atoms with Crippen molar-refractivity contribution >= 4 is 33.0 Å². The quantitative estimate of drug-likeness (QED) is 0.0500. The zero-order valence-electron chi connectivity index (χ0n) is 44.4. The Morgan fingerprint density at radius 1 is 0.712 bits per heavy atom. The van der Waals surface area contributed by atoms with Crippen molar-refractivity contribution < 1.29 is 75.0 Å². The van der Waals surface area contributed by atoms with E-state index in [2.05, 4.69) is 54.8 Å². The van der Waals surface area contributed by atoms with E-state index in [1.165, 1.54) is 6.07 Å². The van der Waals surface area contributed by atoms with Gasteiger partial charge in [0.15, 0.2) is 0 Å². The summed E-state index contributed by atoms with van der Waals surface area (Å²) in [6.07, 6.45) is 9.90. The molecule has 2 aromatic rings. The highest BCUT2D eigenvalue weighted by Crippen LogP contribution is 2.49. The standard InChI is InChI=1S/C54H84N2O16S/c1-53(2,3)47-41-44(12-11-13-51-54(4,5)48-42-45(73(59,60)61)16-18-49(48)56(51)19-10-8-9-14-52(57)58)72-50-40-43(15-17-46(47)50)55(20-22-64-28-30-68-36-38-70-34-32-66-26-24-62-6)21-23-65-29-31-69-37-39-71-35-33-67-27-25-63-7/h11-13,15-18,40-42,44H,8-10,14,19-39H2,1-7H3,(H,57,58)(H,59,60,61)/b12-11+,51-13+. The van der Waals surface area contributed by atoms with Crippen molar-refractivity contribution in [3.8, 4) is 5.75 Å². The summed E-state index contributed by atoms with van der Waals surface area (Å²) in [6, 6.07) is 11.0. The van der Waals surface area contributed by atoms with Crippen LogP contribution in [0.5, 0.6) is 5.75 Å². The van der Waals surface area contributed by atoms with Crippen molar-refractivity contribution in [1.29, 1.82) is 0 Å². The fourth-order valence-electron chi connectivity index (χ4n) is 8.27. The number of ether oxygens (including phenoxy) is 11. The monoisotopic (exact) mass is 1050 g/mol. The second-order valence-corrected chi connectivity index (χ2v) is 20.5. The number of fused-ring (bicyclic) bond motifs is 2. The molecule has 0 aromatic heterocycles. The number of allylic oxidation sites excluding steroid dienone is 4. The van der Waals surface area contributed by atoms with Crippen molar-refractivity contribution in [3.05, 3.63) is 77.5 Å². The van der Waals surface area contributed by atoms with Crippen LogP contribution in [0.25, 0.3) is 5.57 Å². The Morgan fingerprint density at radius 2 is 1.22 bits per heavy atom. The van der Waals surface area contributed by atoms with Gasteiger partial charge in [-0.1, -0.05) is 47.1 Å². The summed E-state index contributed by atoms with van der Waals surface area (Å²) in [5, 5.41) is 9.17. The molecular formula is C54H84N2O16S. The van der Waals surface area contributed by atoms with Gasteiger partial charge >= 0.3 is 5.97 Å². The van der Waals surface area contributed by atoms with Gasteiger partial charge in [0.25, 0.3) is 10.1 Å². The lowest BCUT2D eigenvalue weighted by Gasteiger charge is -2.33. The molecule has 0 bridgehead atoms. The maximum absolute atomic E-state index is 12.2. The first kappa shape index (κ1) is 61.6. The molecule has 0 radical (unpaired) electrons. The van der Waals surface area contributed by atoms with Crippen LogP contribution in [0.2, 0.25) is 0 Å². The van der Waals surface area contributed by atoms with Gasteiger partial charge in [0.2, 0.25) is 0 Å². The van der Waals surface area contributed by atoms with Gasteiger partial charge in [0.05, 0.1) is 124 Å². The van der Waals surface area contributed by atoms with E-state index in [1.807, 2.05) is 32.1 Å². The Bertz CT molecular complexity index is 2090. The Kier molecular flexibility index (Phi) is 28.0. The molecule has 18 nitrogen and oxygen atoms in total. The fraction of sp³-hybridized carbons (Fsp3) is 0.648. The third-order valence-electron chi connectivity index (χ3n) is 12.1. The van der Waals surface area contributed by atoms with E-state index >= 15 is 0 Å². The maximum Gasteiger partial charge on any atom is 0.303 e. The van der Waals surface area contributed by atoms with Gasteiger partial charge in [0.1, 0.15) is 11.9 Å². The molecule has 2 heterocycles. The maximum atomic E-state index is 12.2. The molecule has 0 saturated heterocycles. The average molecular weight is 1050 g/mol. The number of unbranched alkanes of at least 4 members (excludes halogenated alkanes) is 2. The van der Waals surface area contributed by atoms with E-state index in [9.17, 15) is 22.9 Å². The van der Waals surface area contributed by atoms with E-state index in [0.717, 1.165) is 52.4 Å². The molecule has 412 valence electrons. The summed E-state index contributed by atoms with van der Waals surface area (Å²) < 4.78 is 96.5. The molecule has 73 heavy (non-hydrogen) atoms. The number of carboxylic acids is 1. The minimum Gasteiger partial charge on any atom is -0.482 e. The summed E-state index contributed by atoms with van der Waals surface area (Å²) in [7, 11) is -1.15. The summed E-state index contributed by atoms with van der Waals surface area (Å²) in [4.78, 5) is 15.4. The number of carboxylic acid groups (broad SMARTS) is 1. The highest BCUT2D eigenvalue weighted by atomic mass is 32.2. The van der Waals surface area contributed by atoms with Crippen LogP contribution in [-0.2, 0) is 67.7 Å². The Hall–Kier alpha value is -3.96. The summed E-state index contributed by atoms with van der Waals surface area (Å²) in [5.74, 6) is -0.0701. The van der Waals surface area contributed by atoms with Crippen molar-refractivity contribution in [3.63, 3.8) is 0 Å². The second kappa shape index (κ2) is 33.2. The molecule has 0 spiro atoms. The minimum absolute atomic E-state index is 0.102. The Balaban J connectivity index is 1.44. The molecule has 19 heteroatoms. The molecule has 2 aliphatic rings. The second-order valence-electron chi connectivity index (χ2n) is 19.0. The van der Waals surface area contributed by atoms with Gasteiger partial charge in [-0.15, -0.1) is 0 Å². The first-order valence-corrected chi connectivity index (χ1v) is 26.9. The highest BCUT2D eigenvalue weighted by molar-refractivity contribution is 7.85. The number of benzene rings is 2. The number of methoxy groups -OCH3 is 2. The summed E-state index contributed by atoms with van der Waals surface area (Å²) in [5.41, 5.74) is 4.85. The number of carbonyl (C=O) groups is 1. The largest absolute Gasteiger partial charge is 0.482 e. The van der Waals surface area contributed by atoms with E-state index < -0.39 is 27.6 Å². The van der Waals surface area contributed by atoms with Gasteiger partial charge < -0.3 is 67.0 Å². The topological polar surface area (TPSA) is 200 Å². The van der Waals surface area contributed by atoms with Crippen molar-refractivity contribution in [2.45, 2.75) is 76.7 Å². The van der Waals surface area contributed by atoms with Crippen molar-refractivity contribution in [2.75, 3.05) is 163 Å². The average Bonchev–Trinajstić information content (AvgIpc) is 3.55. The first-order valence-electron chi connectivity index (χ1n) is 25.5. The molecule has 0 saturated carbocycles. The Morgan fingerprint density at radius 3 is 1.70 bits per heavy atom. The van der Waals surface area contributed by atoms with Crippen LogP contribution < -0.4 is 14.5 Å². The van der Waals surface area contributed by atoms with Crippen LogP contribution in [0.15, 0.2) is 71.3 Å². The van der Waals surface area contributed by atoms with Gasteiger partial charge in [-0.05, 0) is 78.0 Å². The lowest BCUT2D eigenvalue weighted by atomic mass is 9.80. The lowest BCUT2D eigenvalue weighted by molar-refractivity contribution is -0.137. The normalized spacial score (nSPS) is 16.0. The lowest BCUT2D eigenvalue weighted by Crippen LogP contribution is -2.32. The number of nitrogens with zero attached hydrogens (tertiary/aromatic N) is 2. The third-order valence-corrected chi connectivity index (χ3v) is 13.0. The Labute approximate surface area is 434 Å². The molecule has 0 aliphatic carbocycles. The van der Waals surface area contributed by atoms with Gasteiger partial charge in [-0.25, -0.2) is 0 Å². The molecule has 0 amide bonds. The number of hydrogen-bond acceptors (Lipinski definition) is 16. The highest BCUT2D eigenvalue weighted by Gasteiger charge is 2.40. The minimum atomic E-state index is -4.43. The molecule has 2 N–H and O–H groups in total. The first-order chi connectivity index (χ1) is 35.1. The van der Waals surface area contributed by atoms with E-state index in [4.69, 9.17) is 52.1 Å². The van der Waals surface area contributed by atoms with E-state index in [0.29, 0.717) is 145 Å². The van der Waals surface area contributed by atoms with E-state index in [-0.39, 0.29) is 16.7 Å². The molecule has 1 atom stereocenters. The third kappa shape index (κ3) is 22.0. The molecule has 2 aromatic carbocycles. The smallest absolute Gasteiger partial charge is 0.303 e. The molecule has 4 rings (SSSR count).